The fourth-order valence-corrected chi connectivity index (χ4v) is 1.69. The smallest absolute Gasteiger partial charge is 0.227 e. The van der Waals surface area contributed by atoms with Gasteiger partial charge in [-0.1, -0.05) is 29.8 Å². The SMILES string of the molecule is CCN(CCO)C(=O)Cc1cccc(C)c1. The molecule has 0 aliphatic rings. The van der Waals surface area contributed by atoms with Gasteiger partial charge in [-0.25, -0.2) is 0 Å². The molecule has 1 amide bonds. The van der Waals surface area contributed by atoms with Gasteiger partial charge in [0.2, 0.25) is 5.91 Å². The molecule has 0 saturated heterocycles. The second kappa shape index (κ2) is 6.28. The molecule has 1 rings (SSSR count). The summed E-state index contributed by atoms with van der Waals surface area (Å²) < 4.78 is 0. The molecule has 16 heavy (non-hydrogen) atoms. The van der Waals surface area contributed by atoms with Crippen molar-refractivity contribution in [3.05, 3.63) is 35.4 Å². The van der Waals surface area contributed by atoms with Crippen molar-refractivity contribution in [1.29, 1.82) is 0 Å². The number of hydrogen-bond donors (Lipinski definition) is 1. The number of carbonyl (C=O) groups is 1. The van der Waals surface area contributed by atoms with E-state index in [0.29, 0.717) is 19.5 Å². The van der Waals surface area contributed by atoms with Crippen LogP contribution in [0.15, 0.2) is 24.3 Å². The normalized spacial score (nSPS) is 10.2. The zero-order valence-electron chi connectivity index (χ0n) is 9.94. The molecule has 0 bridgehead atoms. The van der Waals surface area contributed by atoms with Crippen LogP contribution in [0.25, 0.3) is 0 Å². The predicted octanol–water partition coefficient (Wildman–Crippen LogP) is 1.38. The van der Waals surface area contributed by atoms with Crippen LogP contribution in [0.3, 0.4) is 0 Å². The minimum Gasteiger partial charge on any atom is -0.395 e. The minimum atomic E-state index is 0.0212. The maximum absolute atomic E-state index is 11.9. The van der Waals surface area contributed by atoms with Gasteiger partial charge in [0, 0.05) is 13.1 Å². The summed E-state index contributed by atoms with van der Waals surface area (Å²) in [6.45, 7) is 5.02. The summed E-state index contributed by atoms with van der Waals surface area (Å²) in [4.78, 5) is 13.5. The zero-order valence-corrected chi connectivity index (χ0v) is 9.94. The van der Waals surface area contributed by atoms with Crippen LogP contribution in [-0.2, 0) is 11.2 Å². The molecule has 0 saturated carbocycles. The van der Waals surface area contributed by atoms with Crippen molar-refractivity contribution in [3.8, 4) is 0 Å². The summed E-state index contributed by atoms with van der Waals surface area (Å²) in [6.07, 6.45) is 0.412. The lowest BCUT2D eigenvalue weighted by atomic mass is 10.1. The van der Waals surface area contributed by atoms with E-state index in [4.69, 9.17) is 5.11 Å². The van der Waals surface area contributed by atoms with Crippen LogP contribution in [0.2, 0.25) is 0 Å². The van der Waals surface area contributed by atoms with Crippen molar-refractivity contribution in [2.45, 2.75) is 20.3 Å². The Morgan fingerprint density at radius 2 is 2.19 bits per heavy atom. The molecule has 3 heteroatoms. The van der Waals surface area contributed by atoms with E-state index in [1.807, 2.05) is 38.1 Å². The summed E-state index contributed by atoms with van der Waals surface area (Å²) in [5.41, 5.74) is 2.19. The van der Waals surface area contributed by atoms with E-state index in [1.165, 1.54) is 0 Å². The van der Waals surface area contributed by atoms with Crippen molar-refractivity contribution in [2.75, 3.05) is 19.7 Å². The first-order valence-corrected chi connectivity index (χ1v) is 5.61. The highest BCUT2D eigenvalue weighted by molar-refractivity contribution is 5.78. The second-order valence-corrected chi connectivity index (χ2v) is 3.86. The van der Waals surface area contributed by atoms with Gasteiger partial charge >= 0.3 is 0 Å². The van der Waals surface area contributed by atoms with E-state index in [-0.39, 0.29) is 12.5 Å². The van der Waals surface area contributed by atoms with Crippen molar-refractivity contribution in [2.24, 2.45) is 0 Å². The van der Waals surface area contributed by atoms with Crippen LogP contribution < -0.4 is 0 Å². The molecule has 3 nitrogen and oxygen atoms in total. The molecule has 0 radical (unpaired) electrons. The molecule has 0 spiro atoms. The van der Waals surface area contributed by atoms with Crippen molar-refractivity contribution < 1.29 is 9.90 Å². The highest BCUT2D eigenvalue weighted by Gasteiger charge is 2.11. The molecule has 1 aromatic carbocycles. The largest absolute Gasteiger partial charge is 0.395 e. The van der Waals surface area contributed by atoms with Gasteiger partial charge in [0.1, 0.15) is 0 Å². The fourth-order valence-electron chi connectivity index (χ4n) is 1.69. The summed E-state index contributed by atoms with van der Waals surface area (Å²) >= 11 is 0. The average molecular weight is 221 g/mol. The second-order valence-electron chi connectivity index (χ2n) is 3.86. The number of amides is 1. The molecule has 0 aliphatic carbocycles. The standard InChI is InChI=1S/C13H19NO2/c1-3-14(7-8-15)13(16)10-12-6-4-5-11(2)9-12/h4-6,9,15H,3,7-8,10H2,1-2H3. The maximum Gasteiger partial charge on any atom is 0.227 e. The monoisotopic (exact) mass is 221 g/mol. The van der Waals surface area contributed by atoms with E-state index in [0.717, 1.165) is 11.1 Å². The summed E-state index contributed by atoms with van der Waals surface area (Å²) in [6, 6.07) is 7.95. The van der Waals surface area contributed by atoms with Crippen LogP contribution in [0.1, 0.15) is 18.1 Å². The molecule has 1 aromatic rings. The van der Waals surface area contributed by atoms with Gasteiger partial charge in [0.05, 0.1) is 13.0 Å². The van der Waals surface area contributed by atoms with Gasteiger partial charge in [-0.3, -0.25) is 4.79 Å². The quantitative estimate of drug-likeness (QED) is 0.816. The fraction of sp³-hybridized carbons (Fsp3) is 0.462. The third-order valence-electron chi connectivity index (χ3n) is 2.54. The van der Waals surface area contributed by atoms with Gasteiger partial charge in [-0.15, -0.1) is 0 Å². The van der Waals surface area contributed by atoms with E-state index in [2.05, 4.69) is 0 Å². The van der Waals surface area contributed by atoms with Gasteiger partial charge in [-0.2, -0.15) is 0 Å². The van der Waals surface area contributed by atoms with Gasteiger partial charge in [0.15, 0.2) is 0 Å². The third-order valence-corrected chi connectivity index (χ3v) is 2.54. The Morgan fingerprint density at radius 1 is 1.44 bits per heavy atom. The lowest BCUT2D eigenvalue weighted by Crippen LogP contribution is -2.34. The number of aryl methyl sites for hydroxylation is 1. The van der Waals surface area contributed by atoms with Crippen LogP contribution in [0.5, 0.6) is 0 Å². The maximum atomic E-state index is 11.9. The Balaban J connectivity index is 2.62. The first kappa shape index (κ1) is 12.7. The zero-order chi connectivity index (χ0) is 12.0. The average Bonchev–Trinajstić information content (AvgIpc) is 2.25. The molecule has 0 aromatic heterocycles. The predicted molar refractivity (Wildman–Crippen MR) is 64.2 cm³/mol. The summed E-state index contributed by atoms with van der Waals surface area (Å²) in [5, 5.41) is 8.83. The Kier molecular flexibility index (Phi) is 4.99. The summed E-state index contributed by atoms with van der Waals surface area (Å²) in [5.74, 6) is 0.0714. The number of aliphatic hydroxyl groups is 1. The molecule has 0 atom stereocenters. The lowest BCUT2D eigenvalue weighted by molar-refractivity contribution is -0.130. The Labute approximate surface area is 96.7 Å². The van der Waals surface area contributed by atoms with E-state index >= 15 is 0 Å². The van der Waals surface area contributed by atoms with Crippen LogP contribution in [0.4, 0.5) is 0 Å². The third kappa shape index (κ3) is 3.66. The molecular weight excluding hydrogens is 202 g/mol. The Bertz CT molecular complexity index is 350. The highest BCUT2D eigenvalue weighted by atomic mass is 16.3. The Hall–Kier alpha value is -1.35. The van der Waals surface area contributed by atoms with Crippen molar-refractivity contribution >= 4 is 5.91 Å². The van der Waals surface area contributed by atoms with Crippen LogP contribution >= 0.6 is 0 Å². The lowest BCUT2D eigenvalue weighted by Gasteiger charge is -2.19. The van der Waals surface area contributed by atoms with E-state index in [1.54, 1.807) is 4.90 Å². The molecule has 0 unspecified atom stereocenters. The van der Waals surface area contributed by atoms with Gasteiger partial charge in [0.25, 0.3) is 0 Å². The molecule has 1 N–H and O–H groups in total. The number of aliphatic hydroxyl groups excluding tert-OH is 1. The number of nitrogens with zero attached hydrogens (tertiary/aromatic N) is 1. The molecule has 0 aliphatic heterocycles. The first-order valence-electron chi connectivity index (χ1n) is 5.61. The van der Waals surface area contributed by atoms with Gasteiger partial charge < -0.3 is 10.0 Å². The first-order chi connectivity index (χ1) is 7.67. The number of hydrogen-bond acceptors (Lipinski definition) is 2. The number of likely N-dealkylation sites (N-methyl/N-ethyl adjacent to an activating group) is 1. The van der Waals surface area contributed by atoms with Crippen LogP contribution in [-0.4, -0.2) is 35.6 Å². The molecule has 0 fully saturated rings. The van der Waals surface area contributed by atoms with E-state index in [9.17, 15) is 4.79 Å². The number of rotatable bonds is 5. The highest BCUT2D eigenvalue weighted by Crippen LogP contribution is 2.06. The Morgan fingerprint density at radius 3 is 2.75 bits per heavy atom. The molecular formula is C13H19NO2. The van der Waals surface area contributed by atoms with Crippen molar-refractivity contribution in [1.82, 2.24) is 4.90 Å². The topological polar surface area (TPSA) is 40.5 Å². The molecule has 0 heterocycles. The molecule has 88 valence electrons. The minimum absolute atomic E-state index is 0.0212. The number of carbonyl (C=O) groups excluding carboxylic acids is 1. The summed E-state index contributed by atoms with van der Waals surface area (Å²) in [7, 11) is 0. The van der Waals surface area contributed by atoms with E-state index < -0.39 is 0 Å². The van der Waals surface area contributed by atoms with Crippen molar-refractivity contribution in [3.63, 3.8) is 0 Å². The van der Waals surface area contributed by atoms with Crippen LogP contribution in [0, 0.1) is 6.92 Å². The number of benzene rings is 1. The van der Waals surface area contributed by atoms with Gasteiger partial charge in [-0.05, 0) is 19.4 Å².